The zero-order chi connectivity index (χ0) is 16.1. The molecule has 1 aromatic heterocycles. The number of aromatic nitrogens is 2. The fourth-order valence-electron chi connectivity index (χ4n) is 3.17. The summed E-state index contributed by atoms with van der Waals surface area (Å²) in [5.74, 6) is 1.39. The molecule has 1 aromatic carbocycles. The predicted octanol–water partition coefficient (Wildman–Crippen LogP) is 3.66. The van der Waals surface area contributed by atoms with Crippen molar-refractivity contribution in [3.05, 3.63) is 41.8 Å². The number of halogens is 2. The number of nitrogens with zero attached hydrogens (tertiary/aromatic N) is 2. The van der Waals surface area contributed by atoms with Crippen LogP contribution in [-0.4, -0.2) is 16.7 Å². The Bertz CT molecular complexity index is 627. The zero-order valence-corrected chi connectivity index (χ0v) is 14.4. The molecule has 132 valence electrons. The van der Waals surface area contributed by atoms with Crippen LogP contribution in [-0.2, 0) is 13.0 Å². The molecule has 1 aliphatic rings. The van der Waals surface area contributed by atoms with E-state index in [1.165, 1.54) is 31.4 Å². The van der Waals surface area contributed by atoms with E-state index in [1.807, 2.05) is 0 Å². The number of rotatable bonds is 6. The highest BCUT2D eigenvalue weighted by atomic mass is 35.5. The maximum Gasteiger partial charge on any atom is 0.227 e. The molecule has 24 heavy (non-hydrogen) atoms. The van der Waals surface area contributed by atoms with Gasteiger partial charge in [-0.05, 0) is 49.1 Å². The standard InChI is InChI=1S/C17H22FN3O2.ClH/c18-13-4-6-14(7-5-13)22-11-15-20-16(23-21-15)10-17(12-19)8-2-1-3-9-17;/h4-7H,1-3,8-12,19H2;1H. The molecule has 2 aromatic rings. The van der Waals surface area contributed by atoms with Crippen LogP contribution >= 0.6 is 12.4 Å². The quantitative estimate of drug-likeness (QED) is 0.855. The molecule has 5 nitrogen and oxygen atoms in total. The molecule has 3 rings (SSSR count). The van der Waals surface area contributed by atoms with Gasteiger partial charge in [0.05, 0.1) is 0 Å². The second kappa shape index (κ2) is 8.44. The van der Waals surface area contributed by atoms with Gasteiger partial charge in [-0.15, -0.1) is 12.4 Å². The van der Waals surface area contributed by atoms with Crippen molar-refractivity contribution >= 4 is 12.4 Å². The minimum atomic E-state index is -0.293. The summed E-state index contributed by atoms with van der Waals surface area (Å²) in [5.41, 5.74) is 6.09. The number of hydrogen-bond acceptors (Lipinski definition) is 5. The van der Waals surface area contributed by atoms with Crippen molar-refractivity contribution in [3.63, 3.8) is 0 Å². The van der Waals surface area contributed by atoms with Crippen LogP contribution in [0.15, 0.2) is 28.8 Å². The summed E-state index contributed by atoms with van der Waals surface area (Å²) in [4.78, 5) is 4.40. The van der Waals surface area contributed by atoms with E-state index in [1.54, 1.807) is 12.1 Å². The molecule has 2 N–H and O–H groups in total. The van der Waals surface area contributed by atoms with Gasteiger partial charge in [0.2, 0.25) is 11.7 Å². The van der Waals surface area contributed by atoms with Crippen molar-refractivity contribution in [1.29, 1.82) is 0 Å². The van der Waals surface area contributed by atoms with Crippen molar-refractivity contribution in [2.75, 3.05) is 6.54 Å². The normalized spacial score (nSPS) is 16.4. The topological polar surface area (TPSA) is 74.2 Å². The Morgan fingerprint density at radius 2 is 1.88 bits per heavy atom. The summed E-state index contributed by atoms with van der Waals surface area (Å²) in [6.45, 7) is 0.849. The third-order valence-corrected chi connectivity index (χ3v) is 4.57. The summed E-state index contributed by atoms with van der Waals surface area (Å²) in [6, 6.07) is 5.85. The lowest BCUT2D eigenvalue weighted by atomic mass is 9.72. The maximum atomic E-state index is 12.8. The highest BCUT2D eigenvalue weighted by Crippen LogP contribution is 2.38. The molecule has 0 aliphatic heterocycles. The van der Waals surface area contributed by atoms with E-state index in [2.05, 4.69) is 10.1 Å². The fraction of sp³-hybridized carbons (Fsp3) is 0.529. The molecule has 0 amide bonds. The van der Waals surface area contributed by atoms with Crippen LogP contribution in [0.5, 0.6) is 5.75 Å². The predicted molar refractivity (Wildman–Crippen MR) is 90.6 cm³/mol. The molecular formula is C17H23ClFN3O2. The van der Waals surface area contributed by atoms with Gasteiger partial charge in [-0.3, -0.25) is 0 Å². The number of nitrogens with two attached hydrogens (primary N) is 1. The molecule has 0 spiro atoms. The lowest BCUT2D eigenvalue weighted by Gasteiger charge is -2.34. The number of hydrogen-bond donors (Lipinski definition) is 1. The lowest BCUT2D eigenvalue weighted by molar-refractivity contribution is 0.177. The number of benzene rings is 1. The third kappa shape index (κ3) is 4.68. The van der Waals surface area contributed by atoms with E-state index in [-0.39, 0.29) is 30.2 Å². The Kier molecular flexibility index (Phi) is 6.57. The molecule has 1 saturated carbocycles. The first-order valence-electron chi connectivity index (χ1n) is 8.09. The molecule has 1 heterocycles. The molecule has 1 aliphatic carbocycles. The maximum absolute atomic E-state index is 12.8. The van der Waals surface area contributed by atoms with Crippen LogP contribution in [0.2, 0.25) is 0 Å². The molecule has 0 radical (unpaired) electrons. The van der Waals surface area contributed by atoms with Crippen LogP contribution in [0.1, 0.15) is 43.8 Å². The zero-order valence-electron chi connectivity index (χ0n) is 13.5. The molecule has 0 unspecified atom stereocenters. The first kappa shape index (κ1) is 18.7. The monoisotopic (exact) mass is 355 g/mol. The van der Waals surface area contributed by atoms with Crippen LogP contribution < -0.4 is 10.5 Å². The van der Waals surface area contributed by atoms with Gasteiger partial charge in [0.25, 0.3) is 0 Å². The molecule has 0 bridgehead atoms. The first-order chi connectivity index (χ1) is 11.2. The summed E-state index contributed by atoms with van der Waals surface area (Å²) >= 11 is 0. The second-order valence-electron chi connectivity index (χ2n) is 6.29. The van der Waals surface area contributed by atoms with Gasteiger partial charge in [0.15, 0.2) is 6.61 Å². The van der Waals surface area contributed by atoms with Crippen LogP contribution in [0.4, 0.5) is 4.39 Å². The Labute approximate surface area is 147 Å². The Balaban J connectivity index is 0.00000208. The Hall–Kier alpha value is -1.66. The van der Waals surface area contributed by atoms with Crippen molar-refractivity contribution < 1.29 is 13.7 Å². The van der Waals surface area contributed by atoms with E-state index in [0.717, 1.165) is 19.3 Å². The Morgan fingerprint density at radius 1 is 1.17 bits per heavy atom. The average Bonchev–Trinajstić information content (AvgIpc) is 3.02. The van der Waals surface area contributed by atoms with Gasteiger partial charge >= 0.3 is 0 Å². The molecule has 1 fully saturated rings. The largest absolute Gasteiger partial charge is 0.485 e. The van der Waals surface area contributed by atoms with Crippen molar-refractivity contribution in [1.82, 2.24) is 10.1 Å². The van der Waals surface area contributed by atoms with Crippen molar-refractivity contribution in [2.24, 2.45) is 11.1 Å². The van der Waals surface area contributed by atoms with Gasteiger partial charge < -0.3 is 15.0 Å². The van der Waals surface area contributed by atoms with E-state index in [4.69, 9.17) is 15.0 Å². The smallest absolute Gasteiger partial charge is 0.227 e. The van der Waals surface area contributed by atoms with E-state index >= 15 is 0 Å². The van der Waals surface area contributed by atoms with Crippen molar-refractivity contribution in [3.8, 4) is 5.75 Å². The molecule has 0 saturated heterocycles. The summed E-state index contributed by atoms with van der Waals surface area (Å²) in [5, 5.41) is 3.95. The van der Waals surface area contributed by atoms with Crippen molar-refractivity contribution in [2.45, 2.75) is 45.1 Å². The van der Waals surface area contributed by atoms with Gasteiger partial charge in [-0.25, -0.2) is 4.39 Å². The SMILES string of the molecule is Cl.NCC1(Cc2nc(COc3ccc(F)cc3)no2)CCCCC1. The van der Waals surface area contributed by atoms with E-state index in [0.29, 0.717) is 24.0 Å². The molecule has 7 heteroatoms. The highest BCUT2D eigenvalue weighted by Gasteiger charge is 2.32. The minimum absolute atomic E-state index is 0. The van der Waals surface area contributed by atoms with Crippen LogP contribution in [0, 0.1) is 11.2 Å². The van der Waals surface area contributed by atoms with Crippen LogP contribution in [0.3, 0.4) is 0 Å². The van der Waals surface area contributed by atoms with Gasteiger partial charge in [0, 0.05) is 6.42 Å². The van der Waals surface area contributed by atoms with E-state index < -0.39 is 0 Å². The minimum Gasteiger partial charge on any atom is -0.485 e. The lowest BCUT2D eigenvalue weighted by Crippen LogP contribution is -2.35. The van der Waals surface area contributed by atoms with Gasteiger partial charge in [-0.1, -0.05) is 24.4 Å². The number of ether oxygens (including phenoxy) is 1. The molecular weight excluding hydrogens is 333 g/mol. The highest BCUT2D eigenvalue weighted by molar-refractivity contribution is 5.85. The summed E-state index contributed by atoms with van der Waals surface area (Å²) < 4.78 is 23.7. The van der Waals surface area contributed by atoms with Gasteiger partial charge in [-0.2, -0.15) is 4.98 Å². The molecule has 0 atom stereocenters. The fourth-order valence-corrected chi connectivity index (χ4v) is 3.17. The summed E-state index contributed by atoms with van der Waals surface area (Å²) in [7, 11) is 0. The first-order valence-corrected chi connectivity index (χ1v) is 8.09. The van der Waals surface area contributed by atoms with Gasteiger partial charge in [0.1, 0.15) is 11.6 Å². The second-order valence-corrected chi connectivity index (χ2v) is 6.29. The Morgan fingerprint density at radius 3 is 2.54 bits per heavy atom. The average molecular weight is 356 g/mol. The summed E-state index contributed by atoms with van der Waals surface area (Å²) in [6.07, 6.45) is 6.67. The third-order valence-electron chi connectivity index (χ3n) is 4.57. The van der Waals surface area contributed by atoms with Crippen LogP contribution in [0.25, 0.3) is 0 Å². The van der Waals surface area contributed by atoms with E-state index in [9.17, 15) is 4.39 Å².